The van der Waals surface area contributed by atoms with Crippen LogP contribution in [0.3, 0.4) is 0 Å². The predicted molar refractivity (Wildman–Crippen MR) is 89.4 cm³/mol. The van der Waals surface area contributed by atoms with E-state index >= 15 is 0 Å². The second-order valence-corrected chi connectivity index (χ2v) is 6.49. The molecule has 2 aromatic rings. The fourth-order valence-corrected chi connectivity index (χ4v) is 2.12. The van der Waals surface area contributed by atoms with Crippen molar-refractivity contribution in [1.82, 2.24) is 14.9 Å². The van der Waals surface area contributed by atoms with Gasteiger partial charge in [0.2, 0.25) is 0 Å². The average molecular weight is 366 g/mol. The van der Waals surface area contributed by atoms with Crippen LogP contribution in [0.15, 0.2) is 34.9 Å². The Morgan fingerprint density at radius 2 is 2.05 bits per heavy atom. The number of benzene rings is 1. The summed E-state index contributed by atoms with van der Waals surface area (Å²) in [6, 6.07) is 7.96. The van der Waals surface area contributed by atoms with E-state index in [1.165, 1.54) is 4.90 Å². The molecule has 6 heteroatoms. The molecule has 0 atom stereocenters. The van der Waals surface area contributed by atoms with Crippen LogP contribution in [0.5, 0.6) is 0 Å². The number of imidazole rings is 1. The number of amides is 1. The summed E-state index contributed by atoms with van der Waals surface area (Å²) in [6.07, 6.45) is 1.43. The lowest BCUT2D eigenvalue weighted by atomic mass is 10.2. The van der Waals surface area contributed by atoms with Crippen molar-refractivity contribution in [2.75, 3.05) is 13.7 Å². The largest absolute Gasteiger partial charge is 0.449 e. The van der Waals surface area contributed by atoms with E-state index in [4.69, 9.17) is 4.74 Å². The first-order valence-electron chi connectivity index (χ1n) is 7.13. The molecule has 5 nitrogen and oxygen atoms in total. The van der Waals surface area contributed by atoms with Crippen molar-refractivity contribution in [2.45, 2.75) is 20.4 Å². The zero-order valence-electron chi connectivity index (χ0n) is 13.0. The van der Waals surface area contributed by atoms with Crippen molar-refractivity contribution < 1.29 is 9.53 Å². The Bertz CT molecular complexity index is 623. The van der Waals surface area contributed by atoms with E-state index in [1.807, 2.05) is 38.1 Å². The Balaban J connectivity index is 1.96. The number of ether oxygens (including phenoxy) is 1. The molecule has 0 aliphatic heterocycles. The molecule has 118 valence electrons. The highest BCUT2D eigenvalue weighted by Gasteiger charge is 2.13. The van der Waals surface area contributed by atoms with E-state index in [9.17, 15) is 4.79 Å². The summed E-state index contributed by atoms with van der Waals surface area (Å²) in [7, 11) is 1.70. The van der Waals surface area contributed by atoms with Crippen LogP contribution in [-0.2, 0) is 11.3 Å². The maximum atomic E-state index is 11.8. The lowest BCUT2D eigenvalue weighted by Gasteiger charge is -2.16. The second-order valence-electron chi connectivity index (χ2n) is 5.58. The molecule has 1 aromatic carbocycles. The number of hydrogen-bond acceptors (Lipinski definition) is 3. The van der Waals surface area contributed by atoms with Gasteiger partial charge < -0.3 is 14.6 Å². The molecule has 1 aromatic heterocycles. The number of carbonyl (C=O) groups excluding carboxylic acids is 1. The maximum Gasteiger partial charge on any atom is 0.409 e. The summed E-state index contributed by atoms with van der Waals surface area (Å²) in [4.78, 5) is 20.9. The summed E-state index contributed by atoms with van der Waals surface area (Å²) in [5.41, 5.74) is 1.97. The average Bonchev–Trinajstić information content (AvgIpc) is 2.93. The van der Waals surface area contributed by atoms with Gasteiger partial charge >= 0.3 is 6.09 Å². The van der Waals surface area contributed by atoms with Gasteiger partial charge in [0.05, 0.1) is 25.0 Å². The molecule has 22 heavy (non-hydrogen) atoms. The highest BCUT2D eigenvalue weighted by atomic mass is 79.9. The highest BCUT2D eigenvalue weighted by Crippen LogP contribution is 2.20. The van der Waals surface area contributed by atoms with Gasteiger partial charge in [-0.05, 0) is 23.6 Å². The van der Waals surface area contributed by atoms with Crippen LogP contribution in [0.25, 0.3) is 11.3 Å². The number of H-pyrrole nitrogens is 1. The standard InChI is InChI=1S/C16H20BrN3O2/c1-11(2)10-22-16(21)20(3)9-15-18-8-14(19-15)12-4-6-13(17)7-5-12/h4-8,11H,9-10H2,1-3H3,(H,18,19). The molecule has 0 radical (unpaired) electrons. The number of halogens is 1. The number of aromatic amines is 1. The van der Waals surface area contributed by atoms with Crippen molar-refractivity contribution in [1.29, 1.82) is 0 Å². The lowest BCUT2D eigenvalue weighted by Crippen LogP contribution is -2.28. The molecule has 0 saturated carbocycles. The third kappa shape index (κ3) is 4.59. The van der Waals surface area contributed by atoms with E-state index in [0.717, 1.165) is 21.6 Å². The third-order valence-corrected chi connectivity index (χ3v) is 3.55. The van der Waals surface area contributed by atoms with E-state index in [-0.39, 0.29) is 6.09 Å². The second kappa shape index (κ2) is 7.45. The molecule has 2 rings (SSSR count). The smallest absolute Gasteiger partial charge is 0.409 e. The summed E-state index contributed by atoms with van der Waals surface area (Å²) in [5.74, 6) is 1.05. The van der Waals surface area contributed by atoms with E-state index in [0.29, 0.717) is 19.1 Å². The van der Waals surface area contributed by atoms with Crippen LogP contribution < -0.4 is 0 Å². The van der Waals surface area contributed by atoms with Crippen molar-refractivity contribution in [3.63, 3.8) is 0 Å². The van der Waals surface area contributed by atoms with E-state index < -0.39 is 0 Å². The molecule has 0 spiro atoms. The Hall–Kier alpha value is -1.82. The zero-order chi connectivity index (χ0) is 16.1. The van der Waals surface area contributed by atoms with Crippen molar-refractivity contribution in [2.24, 2.45) is 5.92 Å². The molecular formula is C16H20BrN3O2. The van der Waals surface area contributed by atoms with Gasteiger partial charge in [-0.3, -0.25) is 0 Å². The number of nitrogens with one attached hydrogen (secondary N) is 1. The molecule has 0 aliphatic carbocycles. The molecule has 1 N–H and O–H groups in total. The van der Waals surface area contributed by atoms with Crippen molar-refractivity contribution in [3.8, 4) is 11.3 Å². The Kier molecular flexibility index (Phi) is 5.60. The fourth-order valence-electron chi connectivity index (χ4n) is 1.86. The minimum absolute atomic E-state index is 0.324. The summed E-state index contributed by atoms with van der Waals surface area (Å²) < 4.78 is 6.21. The first-order valence-corrected chi connectivity index (χ1v) is 7.92. The van der Waals surface area contributed by atoms with Crippen molar-refractivity contribution in [3.05, 3.63) is 40.8 Å². The van der Waals surface area contributed by atoms with Crippen LogP contribution in [0.1, 0.15) is 19.7 Å². The highest BCUT2D eigenvalue weighted by molar-refractivity contribution is 9.10. The van der Waals surface area contributed by atoms with Gasteiger partial charge in [0, 0.05) is 11.5 Å². The molecule has 0 fully saturated rings. The van der Waals surface area contributed by atoms with Gasteiger partial charge in [-0.2, -0.15) is 0 Å². The zero-order valence-corrected chi connectivity index (χ0v) is 14.6. The van der Waals surface area contributed by atoms with E-state index in [1.54, 1.807) is 13.2 Å². The number of hydrogen-bond donors (Lipinski definition) is 1. The first-order chi connectivity index (χ1) is 10.5. The number of carbonyl (C=O) groups is 1. The normalized spacial score (nSPS) is 10.8. The Morgan fingerprint density at radius 3 is 2.68 bits per heavy atom. The lowest BCUT2D eigenvalue weighted by molar-refractivity contribution is 0.0974. The number of nitrogens with zero attached hydrogens (tertiary/aromatic N) is 2. The third-order valence-electron chi connectivity index (χ3n) is 3.02. The van der Waals surface area contributed by atoms with Crippen LogP contribution in [0.4, 0.5) is 4.79 Å². The SMILES string of the molecule is CC(C)COC(=O)N(C)Cc1ncc(-c2ccc(Br)cc2)[nH]1. The van der Waals surface area contributed by atoms with E-state index in [2.05, 4.69) is 25.9 Å². The molecular weight excluding hydrogens is 346 g/mol. The molecule has 1 heterocycles. The minimum atomic E-state index is -0.338. The van der Waals surface area contributed by atoms with Gasteiger partial charge in [-0.1, -0.05) is 41.9 Å². The number of rotatable bonds is 5. The van der Waals surface area contributed by atoms with Gasteiger partial charge in [0.1, 0.15) is 5.82 Å². The summed E-state index contributed by atoms with van der Waals surface area (Å²) >= 11 is 3.41. The maximum absolute atomic E-state index is 11.8. The number of aromatic nitrogens is 2. The summed E-state index contributed by atoms with van der Waals surface area (Å²) in [5, 5.41) is 0. The van der Waals surface area contributed by atoms with Crippen LogP contribution in [0.2, 0.25) is 0 Å². The van der Waals surface area contributed by atoms with Crippen LogP contribution >= 0.6 is 15.9 Å². The minimum Gasteiger partial charge on any atom is -0.449 e. The Labute approximate surface area is 138 Å². The Morgan fingerprint density at radius 1 is 1.36 bits per heavy atom. The first kappa shape index (κ1) is 16.5. The van der Waals surface area contributed by atoms with Gasteiger partial charge in [-0.25, -0.2) is 9.78 Å². The van der Waals surface area contributed by atoms with Crippen molar-refractivity contribution >= 4 is 22.0 Å². The molecule has 0 bridgehead atoms. The molecule has 1 amide bonds. The fraction of sp³-hybridized carbons (Fsp3) is 0.375. The topological polar surface area (TPSA) is 58.2 Å². The monoisotopic (exact) mass is 365 g/mol. The predicted octanol–water partition coefficient (Wildman–Crippen LogP) is 4.06. The molecule has 0 aliphatic rings. The molecule has 0 unspecified atom stereocenters. The van der Waals surface area contributed by atoms with Crippen LogP contribution in [-0.4, -0.2) is 34.6 Å². The van der Waals surface area contributed by atoms with Gasteiger partial charge in [-0.15, -0.1) is 0 Å². The van der Waals surface area contributed by atoms with Crippen LogP contribution in [0, 0.1) is 5.92 Å². The van der Waals surface area contributed by atoms with Gasteiger partial charge in [0.15, 0.2) is 0 Å². The molecule has 0 saturated heterocycles. The summed E-state index contributed by atoms with van der Waals surface area (Å²) in [6.45, 7) is 4.81. The quantitative estimate of drug-likeness (QED) is 0.868. The van der Waals surface area contributed by atoms with Gasteiger partial charge in [0.25, 0.3) is 0 Å².